The first-order valence-electron chi connectivity index (χ1n) is 12.9. The van der Waals surface area contributed by atoms with Crippen LogP contribution in [0.5, 0.6) is 0 Å². The summed E-state index contributed by atoms with van der Waals surface area (Å²) in [5, 5.41) is 0.851. The molecule has 8 heteroatoms. The van der Waals surface area contributed by atoms with Gasteiger partial charge in [0.1, 0.15) is 0 Å². The van der Waals surface area contributed by atoms with Gasteiger partial charge in [-0.05, 0) is 37.1 Å². The molecule has 7 nitrogen and oxygen atoms in total. The van der Waals surface area contributed by atoms with Crippen LogP contribution < -0.4 is 4.90 Å². The van der Waals surface area contributed by atoms with Crippen LogP contribution in [-0.4, -0.2) is 35.2 Å². The lowest BCUT2D eigenvalue weighted by atomic mass is 9.85. The summed E-state index contributed by atoms with van der Waals surface area (Å²) < 4.78 is 5.39. The van der Waals surface area contributed by atoms with Crippen molar-refractivity contribution >= 4 is 51.8 Å². The van der Waals surface area contributed by atoms with Crippen molar-refractivity contribution in [2.24, 2.45) is 11.8 Å². The van der Waals surface area contributed by atoms with E-state index in [1.54, 1.807) is 78.9 Å². The summed E-state index contributed by atoms with van der Waals surface area (Å²) in [6.07, 6.45) is 5.05. The quantitative estimate of drug-likeness (QED) is 0.125. The highest BCUT2D eigenvalue weighted by molar-refractivity contribution is 6.35. The van der Waals surface area contributed by atoms with Gasteiger partial charge in [0.2, 0.25) is 11.8 Å². The van der Waals surface area contributed by atoms with E-state index >= 15 is 0 Å². The first-order chi connectivity index (χ1) is 19.4. The third kappa shape index (κ3) is 4.58. The zero-order chi connectivity index (χ0) is 27.8. The monoisotopic (exact) mass is 550 g/mol. The molecular weight excluding hydrogens is 528 g/mol. The van der Waals surface area contributed by atoms with Crippen molar-refractivity contribution in [3.8, 4) is 11.3 Å². The number of pyridine rings is 1. The molecule has 0 N–H and O–H groups in total. The van der Waals surface area contributed by atoms with E-state index in [4.69, 9.17) is 16.3 Å². The molecule has 2 heterocycles. The van der Waals surface area contributed by atoms with E-state index in [0.717, 1.165) is 0 Å². The van der Waals surface area contributed by atoms with Crippen molar-refractivity contribution in [3.63, 3.8) is 0 Å². The zero-order valence-electron chi connectivity index (χ0n) is 21.2. The third-order valence-electron chi connectivity index (χ3n) is 7.37. The molecular formula is C32H23ClN2O5. The van der Waals surface area contributed by atoms with Gasteiger partial charge in [0.15, 0.2) is 12.4 Å². The highest BCUT2D eigenvalue weighted by atomic mass is 35.5. The molecule has 1 saturated heterocycles. The molecule has 0 saturated carbocycles. The molecule has 198 valence electrons. The number of halogens is 1. The van der Waals surface area contributed by atoms with E-state index in [-0.39, 0.29) is 35.0 Å². The SMILES string of the molecule is O=C(COC(=O)c1cc(-c2ccc(N3C(=O)C4CC=CCC4C3=O)cc2)nc2c(Cl)cccc12)c1ccccc1. The molecule has 2 aliphatic rings. The number of nitrogens with zero attached hydrogens (tertiary/aromatic N) is 2. The molecule has 0 spiro atoms. The van der Waals surface area contributed by atoms with Gasteiger partial charge in [-0.25, -0.2) is 9.78 Å². The van der Waals surface area contributed by atoms with E-state index in [1.165, 1.54) is 4.90 Å². The van der Waals surface area contributed by atoms with Gasteiger partial charge in [-0.3, -0.25) is 19.3 Å². The maximum atomic E-state index is 13.2. The summed E-state index contributed by atoms with van der Waals surface area (Å²) in [5.74, 6) is -1.99. The number of hydrogen-bond donors (Lipinski definition) is 0. The van der Waals surface area contributed by atoms with Gasteiger partial charge in [-0.2, -0.15) is 0 Å². The number of esters is 1. The highest BCUT2D eigenvalue weighted by Gasteiger charge is 2.47. The third-order valence-corrected chi connectivity index (χ3v) is 7.67. The number of ether oxygens (including phenoxy) is 1. The van der Waals surface area contributed by atoms with Crippen LogP contribution in [0.4, 0.5) is 5.69 Å². The van der Waals surface area contributed by atoms with Gasteiger partial charge in [0.05, 0.1) is 39.3 Å². The van der Waals surface area contributed by atoms with Crippen LogP contribution in [0.25, 0.3) is 22.2 Å². The number of para-hydroxylation sites is 1. The molecule has 40 heavy (non-hydrogen) atoms. The number of ketones is 1. The van der Waals surface area contributed by atoms with Crippen LogP contribution in [0.2, 0.25) is 5.02 Å². The number of rotatable bonds is 6. The maximum Gasteiger partial charge on any atom is 0.339 e. The molecule has 1 aliphatic heterocycles. The van der Waals surface area contributed by atoms with Gasteiger partial charge >= 0.3 is 5.97 Å². The van der Waals surface area contributed by atoms with Gasteiger partial charge in [-0.15, -0.1) is 0 Å². The lowest BCUT2D eigenvalue weighted by Gasteiger charge is -2.16. The van der Waals surface area contributed by atoms with Gasteiger partial charge < -0.3 is 4.74 Å². The number of anilines is 1. The van der Waals surface area contributed by atoms with Gasteiger partial charge in [0.25, 0.3) is 0 Å². The Hall–Kier alpha value is -4.62. The summed E-state index contributed by atoms with van der Waals surface area (Å²) in [6, 6.07) is 22.2. The molecule has 0 radical (unpaired) electrons. The van der Waals surface area contributed by atoms with Crippen LogP contribution in [0.15, 0.2) is 91.0 Å². The largest absolute Gasteiger partial charge is 0.454 e. The first kappa shape index (κ1) is 25.6. The minimum Gasteiger partial charge on any atom is -0.454 e. The molecule has 2 unspecified atom stereocenters. The Morgan fingerprint density at radius 2 is 1.55 bits per heavy atom. The van der Waals surface area contributed by atoms with Gasteiger partial charge in [-0.1, -0.05) is 78.4 Å². The second-order valence-corrected chi connectivity index (χ2v) is 10.2. The van der Waals surface area contributed by atoms with Crippen LogP contribution in [0.1, 0.15) is 33.6 Å². The molecule has 2 amide bonds. The van der Waals surface area contributed by atoms with E-state index in [1.807, 2.05) is 12.2 Å². The molecule has 0 bridgehead atoms. The van der Waals surface area contributed by atoms with E-state index in [0.29, 0.717) is 51.3 Å². The van der Waals surface area contributed by atoms with Crippen molar-refractivity contribution in [2.45, 2.75) is 12.8 Å². The molecule has 6 rings (SSSR count). The standard InChI is InChI=1S/C32H23ClN2O5/c33-26-12-6-11-22-25(32(39)40-18-28(36)20-7-2-1-3-8-20)17-27(34-29(22)26)19-13-15-21(16-14-19)35-30(37)23-9-4-5-10-24(23)31(35)38/h1-8,11-17,23-24H,9-10,18H2. The van der Waals surface area contributed by atoms with Crippen molar-refractivity contribution in [2.75, 3.05) is 11.5 Å². The average molecular weight is 551 g/mol. The van der Waals surface area contributed by atoms with Crippen molar-refractivity contribution in [1.29, 1.82) is 0 Å². The highest BCUT2D eigenvalue weighted by Crippen LogP contribution is 2.38. The zero-order valence-corrected chi connectivity index (χ0v) is 22.0. The molecule has 4 aromatic rings. The maximum absolute atomic E-state index is 13.2. The fourth-order valence-electron chi connectivity index (χ4n) is 5.28. The number of allylic oxidation sites excluding steroid dienone is 2. The summed E-state index contributed by atoms with van der Waals surface area (Å²) in [5.41, 5.74) is 2.67. The number of amides is 2. The van der Waals surface area contributed by atoms with Crippen LogP contribution in [0, 0.1) is 11.8 Å². The lowest BCUT2D eigenvalue weighted by molar-refractivity contribution is -0.122. The number of hydrogen-bond acceptors (Lipinski definition) is 6. The van der Waals surface area contributed by atoms with E-state index in [2.05, 4.69) is 4.98 Å². The Bertz CT molecular complexity index is 1670. The molecule has 1 fully saturated rings. The normalized spacial score (nSPS) is 18.2. The van der Waals surface area contributed by atoms with Crippen LogP contribution >= 0.6 is 11.6 Å². The number of imide groups is 1. The number of Topliss-reactive ketones (excluding diaryl/α,β-unsaturated/α-hetero) is 1. The summed E-state index contributed by atoms with van der Waals surface area (Å²) in [4.78, 5) is 57.6. The van der Waals surface area contributed by atoms with Crippen LogP contribution in [-0.2, 0) is 14.3 Å². The number of fused-ring (bicyclic) bond motifs is 2. The predicted molar refractivity (Wildman–Crippen MR) is 151 cm³/mol. The minimum atomic E-state index is -0.679. The number of benzene rings is 3. The van der Waals surface area contributed by atoms with Crippen molar-refractivity contribution in [3.05, 3.63) is 107 Å². The number of carbonyl (C=O) groups excluding carboxylic acids is 4. The summed E-state index contributed by atoms with van der Waals surface area (Å²) >= 11 is 6.45. The Morgan fingerprint density at radius 3 is 2.23 bits per heavy atom. The number of carbonyl (C=O) groups is 4. The Kier molecular flexibility index (Phi) is 6.74. The van der Waals surface area contributed by atoms with E-state index < -0.39 is 12.6 Å². The molecule has 1 aliphatic carbocycles. The smallest absolute Gasteiger partial charge is 0.339 e. The van der Waals surface area contributed by atoms with E-state index in [9.17, 15) is 19.2 Å². The fourth-order valence-corrected chi connectivity index (χ4v) is 5.50. The minimum absolute atomic E-state index is 0.183. The Balaban J connectivity index is 1.30. The first-order valence-corrected chi connectivity index (χ1v) is 13.3. The summed E-state index contributed by atoms with van der Waals surface area (Å²) in [7, 11) is 0. The topological polar surface area (TPSA) is 93.6 Å². The van der Waals surface area contributed by atoms with Crippen molar-refractivity contribution < 1.29 is 23.9 Å². The fraction of sp³-hybridized carbons (Fsp3) is 0.156. The predicted octanol–water partition coefficient (Wildman–Crippen LogP) is 6.05. The average Bonchev–Trinajstić information content (AvgIpc) is 3.25. The summed E-state index contributed by atoms with van der Waals surface area (Å²) in [6.45, 7) is -0.410. The molecule has 1 aromatic heterocycles. The Labute approximate surface area is 235 Å². The molecule has 3 aromatic carbocycles. The van der Waals surface area contributed by atoms with Crippen LogP contribution in [0.3, 0.4) is 0 Å². The van der Waals surface area contributed by atoms with Gasteiger partial charge in [0, 0.05) is 16.5 Å². The second-order valence-electron chi connectivity index (χ2n) is 9.77. The lowest BCUT2D eigenvalue weighted by Crippen LogP contribution is -2.30. The number of aromatic nitrogens is 1. The Morgan fingerprint density at radius 1 is 0.875 bits per heavy atom. The second kappa shape index (κ2) is 10.5. The molecule has 2 atom stereocenters. The van der Waals surface area contributed by atoms with Crippen molar-refractivity contribution in [1.82, 2.24) is 4.98 Å².